The molecule has 16 heavy (non-hydrogen) atoms. The van der Waals surface area contributed by atoms with E-state index < -0.39 is 0 Å². The largest absolute Gasteiger partial charge is 0.311 e. The highest BCUT2D eigenvalue weighted by Gasteiger charge is 2.03. The smallest absolute Gasteiger partial charge is 0.251 e. The number of aryl methyl sites for hydroxylation is 1. The molecular weight excluding hydrogens is 204 g/mol. The van der Waals surface area contributed by atoms with E-state index in [0.717, 1.165) is 0 Å². The molecule has 0 unspecified atom stereocenters. The second-order valence-corrected chi connectivity index (χ2v) is 3.29. The van der Waals surface area contributed by atoms with Crippen LogP contribution in [0.1, 0.15) is 11.4 Å². The van der Waals surface area contributed by atoms with Gasteiger partial charge in [-0.1, -0.05) is 0 Å². The summed E-state index contributed by atoms with van der Waals surface area (Å²) in [6.45, 7) is 1.70. The van der Waals surface area contributed by atoms with Gasteiger partial charge in [-0.3, -0.25) is 9.78 Å². The lowest BCUT2D eigenvalue weighted by atomic mass is 10.1. The summed E-state index contributed by atoms with van der Waals surface area (Å²) < 4.78 is 0. The van der Waals surface area contributed by atoms with Crippen LogP contribution in [-0.4, -0.2) is 15.0 Å². The number of nitriles is 1. The summed E-state index contributed by atoms with van der Waals surface area (Å²) in [5.74, 6) is 0.532. The van der Waals surface area contributed by atoms with Crippen molar-refractivity contribution in [2.75, 3.05) is 0 Å². The van der Waals surface area contributed by atoms with Gasteiger partial charge in [0.2, 0.25) is 0 Å². The number of aromatic nitrogens is 3. The van der Waals surface area contributed by atoms with Gasteiger partial charge < -0.3 is 4.98 Å². The summed E-state index contributed by atoms with van der Waals surface area (Å²) in [4.78, 5) is 21.9. The highest BCUT2D eigenvalue weighted by atomic mass is 16.1. The minimum atomic E-state index is -0.218. The van der Waals surface area contributed by atoms with E-state index in [0.29, 0.717) is 22.6 Å². The molecule has 0 bridgehead atoms. The molecular formula is C11H8N4O. The van der Waals surface area contributed by atoms with Gasteiger partial charge in [-0.2, -0.15) is 5.26 Å². The topological polar surface area (TPSA) is 82.4 Å². The summed E-state index contributed by atoms with van der Waals surface area (Å²) >= 11 is 0. The van der Waals surface area contributed by atoms with Crippen molar-refractivity contribution < 1.29 is 0 Å². The summed E-state index contributed by atoms with van der Waals surface area (Å²) in [5, 5.41) is 8.74. The van der Waals surface area contributed by atoms with Crippen LogP contribution in [-0.2, 0) is 0 Å². The van der Waals surface area contributed by atoms with Crippen molar-refractivity contribution in [2.45, 2.75) is 6.92 Å². The van der Waals surface area contributed by atoms with E-state index in [2.05, 4.69) is 15.0 Å². The van der Waals surface area contributed by atoms with E-state index in [9.17, 15) is 4.79 Å². The monoisotopic (exact) mass is 212 g/mol. The molecule has 1 N–H and O–H groups in total. The molecule has 2 heterocycles. The van der Waals surface area contributed by atoms with Crippen LogP contribution >= 0.6 is 0 Å². The zero-order chi connectivity index (χ0) is 11.5. The van der Waals surface area contributed by atoms with E-state index in [-0.39, 0.29) is 5.56 Å². The van der Waals surface area contributed by atoms with E-state index >= 15 is 0 Å². The lowest BCUT2D eigenvalue weighted by Crippen LogP contribution is -2.08. The third kappa shape index (κ3) is 1.96. The first-order chi connectivity index (χ1) is 7.69. The van der Waals surface area contributed by atoms with Crippen molar-refractivity contribution >= 4 is 0 Å². The summed E-state index contributed by atoms with van der Waals surface area (Å²) in [6, 6.07) is 5.02. The first-order valence-electron chi connectivity index (χ1n) is 4.62. The van der Waals surface area contributed by atoms with Crippen LogP contribution < -0.4 is 5.56 Å². The molecule has 0 atom stereocenters. The van der Waals surface area contributed by atoms with Crippen molar-refractivity contribution in [3.63, 3.8) is 0 Å². The molecule has 0 amide bonds. The van der Waals surface area contributed by atoms with Crippen molar-refractivity contribution in [1.29, 1.82) is 5.26 Å². The van der Waals surface area contributed by atoms with E-state index in [1.807, 2.05) is 6.07 Å². The molecule has 0 aliphatic rings. The number of nitrogens with one attached hydrogen (secondary N) is 1. The van der Waals surface area contributed by atoms with Gasteiger partial charge in [0.25, 0.3) is 5.56 Å². The van der Waals surface area contributed by atoms with Crippen LogP contribution in [0.15, 0.2) is 29.3 Å². The van der Waals surface area contributed by atoms with Crippen molar-refractivity contribution in [3.05, 3.63) is 46.3 Å². The molecule has 0 aromatic carbocycles. The Morgan fingerprint density at radius 3 is 2.88 bits per heavy atom. The van der Waals surface area contributed by atoms with Crippen LogP contribution in [0.2, 0.25) is 0 Å². The fraction of sp³-hybridized carbons (Fsp3) is 0.0909. The first kappa shape index (κ1) is 10.1. The fourth-order valence-electron chi connectivity index (χ4n) is 1.37. The van der Waals surface area contributed by atoms with Crippen molar-refractivity contribution in [1.82, 2.24) is 15.0 Å². The molecule has 5 heteroatoms. The van der Waals surface area contributed by atoms with Gasteiger partial charge >= 0.3 is 0 Å². The van der Waals surface area contributed by atoms with Gasteiger partial charge in [0.15, 0.2) is 0 Å². The Morgan fingerprint density at radius 2 is 2.19 bits per heavy atom. The molecule has 0 saturated carbocycles. The minimum absolute atomic E-state index is 0.218. The predicted octanol–water partition coefficient (Wildman–Crippen LogP) is 1.01. The number of aromatic amines is 1. The Labute approximate surface area is 91.4 Å². The van der Waals surface area contributed by atoms with Crippen LogP contribution in [0.25, 0.3) is 11.3 Å². The number of pyridine rings is 1. The Kier molecular flexibility index (Phi) is 2.48. The summed E-state index contributed by atoms with van der Waals surface area (Å²) in [7, 11) is 0. The third-order valence-corrected chi connectivity index (χ3v) is 2.02. The molecule has 2 aromatic rings. The van der Waals surface area contributed by atoms with Crippen LogP contribution in [0.4, 0.5) is 0 Å². The molecule has 2 aromatic heterocycles. The lowest BCUT2D eigenvalue weighted by Gasteiger charge is -2.00. The average Bonchev–Trinajstić information content (AvgIpc) is 2.28. The van der Waals surface area contributed by atoms with Gasteiger partial charge in [0, 0.05) is 24.0 Å². The molecule has 78 valence electrons. The maximum Gasteiger partial charge on any atom is 0.251 e. The van der Waals surface area contributed by atoms with Crippen LogP contribution in [0, 0.1) is 18.3 Å². The Hall–Kier alpha value is -2.48. The number of nitrogens with zero attached hydrogens (tertiary/aromatic N) is 3. The Bertz CT molecular complexity index is 624. The predicted molar refractivity (Wildman–Crippen MR) is 57.5 cm³/mol. The molecule has 0 saturated heterocycles. The van der Waals surface area contributed by atoms with Gasteiger partial charge in [0.1, 0.15) is 11.9 Å². The standard InChI is InChI=1S/C11H8N4O/c1-7-14-10(3-11(16)15-7)9-2-8(4-12)5-13-6-9/h2-3,5-6H,1H3,(H,14,15,16). The zero-order valence-corrected chi connectivity index (χ0v) is 8.56. The van der Waals surface area contributed by atoms with E-state index in [1.54, 1.807) is 19.2 Å². The molecule has 0 aliphatic carbocycles. The second-order valence-electron chi connectivity index (χ2n) is 3.29. The van der Waals surface area contributed by atoms with E-state index in [4.69, 9.17) is 5.26 Å². The molecule has 0 radical (unpaired) electrons. The normalized spacial score (nSPS) is 9.75. The summed E-state index contributed by atoms with van der Waals surface area (Å²) in [6.07, 6.45) is 3.03. The number of rotatable bonds is 1. The number of hydrogen-bond acceptors (Lipinski definition) is 4. The molecule has 0 fully saturated rings. The van der Waals surface area contributed by atoms with Gasteiger partial charge in [-0.25, -0.2) is 4.98 Å². The van der Waals surface area contributed by atoms with Crippen molar-refractivity contribution in [3.8, 4) is 17.3 Å². The van der Waals surface area contributed by atoms with Gasteiger partial charge in [0.05, 0.1) is 11.3 Å². The second kappa shape index (κ2) is 3.95. The number of hydrogen-bond donors (Lipinski definition) is 1. The molecule has 0 aliphatic heterocycles. The highest BCUT2D eigenvalue weighted by molar-refractivity contribution is 5.59. The molecule has 0 spiro atoms. The molecule has 2 rings (SSSR count). The third-order valence-electron chi connectivity index (χ3n) is 2.02. The van der Waals surface area contributed by atoms with Crippen LogP contribution in [0.5, 0.6) is 0 Å². The van der Waals surface area contributed by atoms with Crippen LogP contribution in [0.3, 0.4) is 0 Å². The molecule has 5 nitrogen and oxygen atoms in total. The maximum atomic E-state index is 11.3. The summed E-state index contributed by atoms with van der Waals surface area (Å²) in [5.41, 5.74) is 1.40. The quantitative estimate of drug-likeness (QED) is 0.764. The lowest BCUT2D eigenvalue weighted by molar-refractivity contribution is 1.02. The SMILES string of the molecule is Cc1nc(-c2cncc(C#N)c2)cc(=O)[nH]1. The first-order valence-corrected chi connectivity index (χ1v) is 4.62. The fourth-order valence-corrected chi connectivity index (χ4v) is 1.37. The van der Waals surface area contributed by atoms with Gasteiger partial charge in [-0.05, 0) is 13.0 Å². The Balaban J connectivity index is 2.59. The Morgan fingerprint density at radius 1 is 1.38 bits per heavy atom. The van der Waals surface area contributed by atoms with Crippen molar-refractivity contribution in [2.24, 2.45) is 0 Å². The maximum absolute atomic E-state index is 11.3. The van der Waals surface area contributed by atoms with E-state index in [1.165, 1.54) is 12.3 Å². The highest BCUT2D eigenvalue weighted by Crippen LogP contribution is 2.14. The minimum Gasteiger partial charge on any atom is -0.311 e. The van der Waals surface area contributed by atoms with Gasteiger partial charge in [-0.15, -0.1) is 0 Å². The zero-order valence-electron chi connectivity index (χ0n) is 8.56. The number of H-pyrrole nitrogens is 1. The average molecular weight is 212 g/mol.